The average molecular weight is 593 g/mol. The van der Waals surface area contributed by atoms with Gasteiger partial charge < -0.3 is 10.5 Å². The van der Waals surface area contributed by atoms with Crippen molar-refractivity contribution in [1.82, 2.24) is 0 Å². The van der Waals surface area contributed by atoms with Gasteiger partial charge in [0.15, 0.2) is 0 Å². The minimum Gasteiger partial charge on any atom is -0.423 e. The van der Waals surface area contributed by atoms with E-state index in [1.807, 2.05) is 12.1 Å². The second-order valence-corrected chi connectivity index (χ2v) is 11.7. The molecule has 0 aromatic heterocycles. The fourth-order valence-corrected chi connectivity index (χ4v) is 5.57. The highest BCUT2D eigenvalue weighted by Crippen LogP contribution is 2.38. The molecule has 0 heterocycles. The lowest BCUT2D eigenvalue weighted by Gasteiger charge is -2.16. The number of ether oxygens (including phenoxy) is 1. The van der Waals surface area contributed by atoms with Gasteiger partial charge in [-0.3, -0.25) is 10.1 Å². The van der Waals surface area contributed by atoms with E-state index < -0.39 is 5.97 Å². The van der Waals surface area contributed by atoms with Crippen LogP contribution in [0.4, 0.5) is 11.4 Å². The van der Waals surface area contributed by atoms with Gasteiger partial charge in [0.05, 0.1) is 16.1 Å². The number of nitrogens with zero attached hydrogens (tertiary/aromatic N) is 1. The van der Waals surface area contributed by atoms with Crippen LogP contribution in [0.5, 0.6) is 5.75 Å². The van der Waals surface area contributed by atoms with E-state index in [-0.39, 0.29) is 16.5 Å². The van der Waals surface area contributed by atoms with E-state index >= 15 is 0 Å². The fraction of sp³-hybridized carbons (Fsp3) is 0.342. The molecule has 0 aliphatic heterocycles. The van der Waals surface area contributed by atoms with Gasteiger partial charge in [-0.2, -0.15) is 0 Å². The van der Waals surface area contributed by atoms with Crippen LogP contribution in [0.3, 0.4) is 0 Å². The van der Waals surface area contributed by atoms with Gasteiger partial charge in [0, 0.05) is 11.8 Å². The van der Waals surface area contributed by atoms with Crippen molar-refractivity contribution in [3.63, 3.8) is 0 Å². The molecule has 0 radical (unpaired) electrons. The predicted molar refractivity (Wildman–Crippen MR) is 180 cm³/mol. The van der Waals surface area contributed by atoms with Crippen molar-refractivity contribution >= 4 is 17.3 Å². The normalized spacial score (nSPS) is 11.7. The van der Waals surface area contributed by atoms with Crippen LogP contribution in [-0.4, -0.2) is 10.9 Å². The molecule has 4 aromatic carbocycles. The first-order valence-corrected chi connectivity index (χ1v) is 15.9. The van der Waals surface area contributed by atoms with Gasteiger partial charge in [0.1, 0.15) is 5.75 Å². The number of esters is 1. The van der Waals surface area contributed by atoms with Crippen LogP contribution < -0.4 is 10.5 Å². The van der Waals surface area contributed by atoms with Crippen molar-refractivity contribution in [2.45, 2.75) is 84.5 Å². The van der Waals surface area contributed by atoms with Crippen LogP contribution in [0.1, 0.15) is 99.5 Å². The third kappa shape index (κ3) is 8.56. The molecular weight excluding hydrogens is 548 g/mol. The molecule has 6 heteroatoms. The van der Waals surface area contributed by atoms with Crippen LogP contribution >= 0.6 is 0 Å². The molecule has 0 fully saturated rings. The van der Waals surface area contributed by atoms with Gasteiger partial charge in [0.2, 0.25) is 0 Å². The molecule has 0 saturated heterocycles. The molecule has 0 spiro atoms. The Hall–Kier alpha value is -4.45. The maximum absolute atomic E-state index is 12.9. The van der Waals surface area contributed by atoms with Crippen molar-refractivity contribution in [3.8, 4) is 28.0 Å². The Morgan fingerprint density at radius 3 is 2.00 bits per heavy atom. The van der Waals surface area contributed by atoms with Crippen LogP contribution in [-0.2, 0) is 6.42 Å². The Balaban J connectivity index is 1.42. The topological polar surface area (TPSA) is 95.5 Å². The van der Waals surface area contributed by atoms with E-state index in [1.165, 1.54) is 31.2 Å². The van der Waals surface area contributed by atoms with E-state index in [2.05, 4.69) is 45.0 Å². The SMILES string of the molecule is CCCCCC[C@@H](C)c1cc([N+](=O)[O-])c(-c2ccc(C(=O)Oc3ccc(-c4ccc(CCCCC)cc4)cc3)cc2)cc1N. The highest BCUT2D eigenvalue weighted by atomic mass is 16.6. The first-order valence-electron chi connectivity index (χ1n) is 15.9. The molecule has 0 bridgehead atoms. The Bertz CT molecular complexity index is 1530. The van der Waals surface area contributed by atoms with Crippen molar-refractivity contribution in [2.24, 2.45) is 0 Å². The Morgan fingerprint density at radius 2 is 1.39 bits per heavy atom. The smallest absolute Gasteiger partial charge is 0.343 e. The molecule has 0 amide bonds. The lowest BCUT2D eigenvalue weighted by molar-refractivity contribution is -0.384. The average Bonchev–Trinajstić information content (AvgIpc) is 3.03. The maximum Gasteiger partial charge on any atom is 0.343 e. The van der Waals surface area contributed by atoms with Crippen LogP contribution in [0.15, 0.2) is 84.9 Å². The number of carbonyl (C=O) groups is 1. The van der Waals surface area contributed by atoms with E-state index in [1.54, 1.807) is 48.5 Å². The van der Waals surface area contributed by atoms with Gasteiger partial charge >= 0.3 is 5.97 Å². The number of nitro groups is 1. The molecule has 4 aromatic rings. The van der Waals surface area contributed by atoms with E-state index in [4.69, 9.17) is 10.5 Å². The third-order valence-corrected chi connectivity index (χ3v) is 8.27. The summed E-state index contributed by atoms with van der Waals surface area (Å²) in [6.45, 7) is 6.46. The summed E-state index contributed by atoms with van der Waals surface area (Å²) in [6, 6.07) is 26.0. The summed E-state index contributed by atoms with van der Waals surface area (Å²) in [7, 11) is 0. The van der Waals surface area contributed by atoms with Crippen molar-refractivity contribution in [1.29, 1.82) is 0 Å². The van der Waals surface area contributed by atoms with Gasteiger partial charge in [-0.15, -0.1) is 0 Å². The molecule has 0 saturated carbocycles. The summed E-state index contributed by atoms with van der Waals surface area (Å²) >= 11 is 0. The summed E-state index contributed by atoms with van der Waals surface area (Å²) in [5.41, 5.74) is 12.7. The van der Waals surface area contributed by atoms with Crippen LogP contribution in [0, 0.1) is 10.1 Å². The van der Waals surface area contributed by atoms with Gasteiger partial charge in [-0.1, -0.05) is 108 Å². The molecule has 4 rings (SSSR count). The molecule has 44 heavy (non-hydrogen) atoms. The summed E-state index contributed by atoms with van der Waals surface area (Å²) in [6.07, 6.45) is 10.3. The summed E-state index contributed by atoms with van der Waals surface area (Å²) in [5.74, 6) is 0.0792. The predicted octanol–water partition coefficient (Wildman–Crippen LogP) is 10.5. The number of benzene rings is 4. The monoisotopic (exact) mass is 592 g/mol. The quantitative estimate of drug-likeness (QED) is 0.0370. The molecule has 6 nitrogen and oxygen atoms in total. The molecular formula is C38H44N2O4. The molecule has 230 valence electrons. The van der Waals surface area contributed by atoms with Gasteiger partial charge in [-0.25, -0.2) is 4.79 Å². The number of rotatable bonds is 15. The Morgan fingerprint density at radius 1 is 0.795 bits per heavy atom. The van der Waals surface area contributed by atoms with Crippen molar-refractivity contribution in [2.75, 3.05) is 5.73 Å². The van der Waals surface area contributed by atoms with Gasteiger partial charge in [0.25, 0.3) is 5.69 Å². The third-order valence-electron chi connectivity index (χ3n) is 8.27. The number of hydrogen-bond donors (Lipinski definition) is 1. The Kier molecular flexibility index (Phi) is 11.7. The first kappa shape index (κ1) is 32.5. The molecule has 2 N–H and O–H groups in total. The Labute approximate surface area is 261 Å². The second kappa shape index (κ2) is 15.9. The minimum absolute atomic E-state index is 0.0103. The first-order chi connectivity index (χ1) is 21.3. The molecule has 0 aliphatic carbocycles. The number of anilines is 1. The number of nitrogens with two attached hydrogens (primary N) is 1. The number of carbonyl (C=O) groups excluding carboxylic acids is 1. The van der Waals surface area contributed by atoms with Gasteiger partial charge in [-0.05, 0) is 83.3 Å². The molecule has 0 aliphatic rings. The molecule has 1 atom stereocenters. The highest BCUT2D eigenvalue weighted by molar-refractivity contribution is 5.92. The van der Waals surface area contributed by atoms with Crippen molar-refractivity contribution < 1.29 is 14.5 Å². The van der Waals surface area contributed by atoms with Crippen molar-refractivity contribution in [3.05, 3.63) is 112 Å². The van der Waals surface area contributed by atoms with E-state index in [0.29, 0.717) is 28.1 Å². The largest absolute Gasteiger partial charge is 0.423 e. The number of hydrogen-bond acceptors (Lipinski definition) is 5. The minimum atomic E-state index is -0.498. The summed E-state index contributed by atoms with van der Waals surface area (Å²) < 4.78 is 5.61. The zero-order valence-corrected chi connectivity index (χ0v) is 26.2. The fourth-order valence-electron chi connectivity index (χ4n) is 5.57. The maximum atomic E-state index is 12.9. The number of unbranched alkanes of at least 4 members (excludes halogenated alkanes) is 5. The number of nitro benzene ring substituents is 1. The lowest BCUT2D eigenvalue weighted by Crippen LogP contribution is -2.08. The second-order valence-electron chi connectivity index (χ2n) is 11.7. The summed E-state index contributed by atoms with van der Waals surface area (Å²) in [5, 5.41) is 12.0. The standard InChI is InChI=1S/C38H44N2O4/c1-4-6-8-10-11-27(3)34-26-37(40(42)43)35(25-36(34)39)31-17-19-32(20-18-31)38(41)44-33-23-21-30(22-24-33)29-15-13-28(14-16-29)12-9-7-5-2/h13-27H,4-12,39H2,1-3H3/t27-/m1/s1. The highest BCUT2D eigenvalue weighted by Gasteiger charge is 2.21. The van der Waals surface area contributed by atoms with Crippen LogP contribution in [0.25, 0.3) is 22.3 Å². The zero-order valence-electron chi connectivity index (χ0n) is 26.2. The molecule has 0 unspecified atom stereocenters. The number of nitrogen functional groups attached to an aromatic ring is 1. The lowest BCUT2D eigenvalue weighted by atomic mass is 9.90. The zero-order chi connectivity index (χ0) is 31.5. The number of aryl methyl sites for hydroxylation is 1. The summed E-state index contributed by atoms with van der Waals surface area (Å²) in [4.78, 5) is 24.6. The van der Waals surface area contributed by atoms with E-state index in [9.17, 15) is 14.9 Å². The van der Waals surface area contributed by atoms with E-state index in [0.717, 1.165) is 48.8 Å². The van der Waals surface area contributed by atoms with Crippen LogP contribution in [0.2, 0.25) is 0 Å².